The van der Waals surface area contributed by atoms with Crippen LogP contribution >= 0.6 is 12.2 Å². The van der Waals surface area contributed by atoms with E-state index in [0.29, 0.717) is 23.8 Å². The van der Waals surface area contributed by atoms with Crippen LogP contribution in [-0.2, 0) is 0 Å². The Labute approximate surface area is 145 Å². The summed E-state index contributed by atoms with van der Waals surface area (Å²) in [6.07, 6.45) is 1.06. The van der Waals surface area contributed by atoms with Crippen LogP contribution in [0.1, 0.15) is 30.6 Å². The van der Waals surface area contributed by atoms with Crippen molar-refractivity contribution in [2.24, 2.45) is 0 Å². The number of hydrogen-bond acceptors (Lipinski definition) is 2. The van der Waals surface area contributed by atoms with Crippen LogP contribution in [0.15, 0.2) is 24.3 Å². The fourth-order valence-corrected chi connectivity index (χ4v) is 2.46. The van der Waals surface area contributed by atoms with Gasteiger partial charge in [0, 0.05) is 37.3 Å². The molecule has 0 heterocycles. The number of anilines is 1. The number of nitrogens with zero attached hydrogens (tertiary/aromatic N) is 1. The predicted molar refractivity (Wildman–Crippen MR) is 100 cm³/mol. The fraction of sp³-hybridized carbons (Fsp3) is 0.529. The van der Waals surface area contributed by atoms with E-state index in [4.69, 9.17) is 12.2 Å². The van der Waals surface area contributed by atoms with E-state index in [1.54, 1.807) is 4.90 Å². The Morgan fingerprint density at radius 3 is 2.57 bits per heavy atom. The second-order valence-corrected chi connectivity index (χ2v) is 6.16. The van der Waals surface area contributed by atoms with Crippen LogP contribution in [0.4, 0.5) is 5.69 Å². The number of benzene rings is 1. The van der Waals surface area contributed by atoms with Crippen LogP contribution in [0.3, 0.4) is 0 Å². The molecule has 5 nitrogen and oxygen atoms in total. The van der Waals surface area contributed by atoms with Crippen molar-refractivity contribution in [3.63, 3.8) is 0 Å². The van der Waals surface area contributed by atoms with Crippen LogP contribution < -0.4 is 15.5 Å². The average Bonchev–Trinajstić information content (AvgIpc) is 2.52. The quantitative estimate of drug-likeness (QED) is 0.489. The first-order chi connectivity index (χ1) is 11.0. The van der Waals surface area contributed by atoms with Crippen LogP contribution in [0.2, 0.25) is 0 Å². The number of nitrogens with one attached hydrogen (secondary N) is 3. The molecule has 3 N–H and O–H groups in total. The topological polar surface area (TPSA) is 48.8 Å². The minimum absolute atomic E-state index is 0.0477. The van der Waals surface area contributed by atoms with Crippen molar-refractivity contribution in [1.82, 2.24) is 10.2 Å². The maximum atomic E-state index is 12.4. The number of quaternary nitrogens is 1. The summed E-state index contributed by atoms with van der Waals surface area (Å²) in [5, 5.41) is 6.92. The molecule has 0 radical (unpaired) electrons. The molecule has 0 fully saturated rings. The third-order valence-electron chi connectivity index (χ3n) is 3.56. The monoisotopic (exact) mass is 337 g/mol. The summed E-state index contributed by atoms with van der Waals surface area (Å²) in [5.41, 5.74) is 1.51. The van der Waals surface area contributed by atoms with Crippen molar-refractivity contribution >= 4 is 28.9 Å². The van der Waals surface area contributed by atoms with Crippen LogP contribution in [0.25, 0.3) is 0 Å². The van der Waals surface area contributed by atoms with Gasteiger partial charge in [0.25, 0.3) is 5.91 Å². The summed E-state index contributed by atoms with van der Waals surface area (Å²) in [4.78, 5) is 15.6. The molecule has 6 heteroatoms. The molecule has 1 aromatic rings. The Morgan fingerprint density at radius 1 is 1.26 bits per heavy atom. The molecule has 1 rings (SSSR count). The highest BCUT2D eigenvalue weighted by Gasteiger charge is 2.12. The number of hydrogen-bond donors (Lipinski definition) is 3. The number of carbonyl (C=O) groups excluding carboxylic acids is 1. The van der Waals surface area contributed by atoms with E-state index in [9.17, 15) is 4.79 Å². The van der Waals surface area contributed by atoms with Gasteiger partial charge in [-0.05, 0) is 44.3 Å². The molecule has 0 aromatic heterocycles. The van der Waals surface area contributed by atoms with Crippen molar-refractivity contribution in [3.05, 3.63) is 29.8 Å². The van der Waals surface area contributed by atoms with Crippen LogP contribution in [0.5, 0.6) is 0 Å². The lowest BCUT2D eigenvalue weighted by Crippen LogP contribution is -3.05. The normalized spacial score (nSPS) is 10.5. The molecule has 0 saturated carbocycles. The summed E-state index contributed by atoms with van der Waals surface area (Å²) >= 11 is 5.30. The van der Waals surface area contributed by atoms with Gasteiger partial charge < -0.3 is 20.4 Å². The number of carbonyl (C=O) groups is 1. The number of rotatable bonds is 8. The lowest BCUT2D eigenvalue weighted by Gasteiger charge is -2.19. The summed E-state index contributed by atoms with van der Waals surface area (Å²) in [5.74, 6) is 0.0477. The largest absolute Gasteiger partial charge is 0.362 e. The molecule has 23 heavy (non-hydrogen) atoms. The van der Waals surface area contributed by atoms with Gasteiger partial charge >= 0.3 is 0 Å². The Kier molecular flexibility index (Phi) is 8.58. The van der Waals surface area contributed by atoms with Gasteiger partial charge in [0.05, 0.1) is 20.6 Å². The summed E-state index contributed by atoms with van der Waals surface area (Å²) in [7, 11) is 4.27. The number of thiocarbonyl (C=S) groups is 1. The zero-order chi connectivity index (χ0) is 17.2. The molecular weight excluding hydrogens is 308 g/mol. The van der Waals surface area contributed by atoms with Crippen molar-refractivity contribution in [1.29, 1.82) is 0 Å². The van der Waals surface area contributed by atoms with Crippen LogP contribution in [0, 0.1) is 0 Å². The second kappa shape index (κ2) is 10.2. The molecule has 0 aliphatic heterocycles. The van der Waals surface area contributed by atoms with Gasteiger partial charge in [-0.2, -0.15) is 0 Å². The maximum absolute atomic E-state index is 12.4. The second-order valence-electron chi connectivity index (χ2n) is 5.75. The lowest BCUT2D eigenvalue weighted by molar-refractivity contribution is -0.858. The third-order valence-corrected chi connectivity index (χ3v) is 3.80. The summed E-state index contributed by atoms with van der Waals surface area (Å²) in [6.45, 7) is 7.33. The van der Waals surface area contributed by atoms with Crippen molar-refractivity contribution in [3.8, 4) is 0 Å². The first kappa shape index (κ1) is 19.4. The van der Waals surface area contributed by atoms with Gasteiger partial charge in [-0.15, -0.1) is 0 Å². The Morgan fingerprint density at radius 2 is 1.96 bits per heavy atom. The van der Waals surface area contributed by atoms with Crippen molar-refractivity contribution < 1.29 is 9.69 Å². The van der Waals surface area contributed by atoms with Gasteiger partial charge in [-0.1, -0.05) is 6.07 Å². The van der Waals surface area contributed by atoms with E-state index >= 15 is 0 Å². The van der Waals surface area contributed by atoms with Gasteiger partial charge in [0.2, 0.25) is 0 Å². The standard InChI is InChI=1S/C17H28N4OS/c1-5-21(6-2)16(22)14-9-7-10-15(13-14)19-17(23)18-11-8-12-20(3)4/h7,9-10,13H,5-6,8,11-12H2,1-4H3,(H2,18,19,23)/p+1. The molecule has 0 spiro atoms. The predicted octanol–water partition coefficient (Wildman–Crippen LogP) is 0.990. The molecule has 0 atom stereocenters. The number of amides is 1. The van der Waals surface area contributed by atoms with Gasteiger partial charge in [-0.25, -0.2) is 0 Å². The zero-order valence-corrected chi connectivity index (χ0v) is 15.4. The van der Waals surface area contributed by atoms with E-state index in [0.717, 1.165) is 25.2 Å². The van der Waals surface area contributed by atoms with E-state index < -0.39 is 0 Å². The molecule has 128 valence electrons. The Hall–Kier alpha value is -1.66. The molecule has 0 bridgehead atoms. The minimum Gasteiger partial charge on any atom is -0.362 e. The van der Waals surface area contributed by atoms with Crippen molar-refractivity contribution in [2.45, 2.75) is 20.3 Å². The maximum Gasteiger partial charge on any atom is 0.253 e. The van der Waals surface area contributed by atoms with Gasteiger partial charge in [0.15, 0.2) is 5.11 Å². The fourth-order valence-electron chi connectivity index (χ4n) is 2.24. The summed E-state index contributed by atoms with van der Waals surface area (Å²) in [6, 6.07) is 7.47. The minimum atomic E-state index is 0.0477. The molecule has 1 aromatic carbocycles. The highest BCUT2D eigenvalue weighted by Crippen LogP contribution is 2.12. The van der Waals surface area contributed by atoms with Crippen LogP contribution in [-0.4, -0.2) is 56.2 Å². The Balaban J connectivity index is 2.56. The molecule has 1 amide bonds. The smallest absolute Gasteiger partial charge is 0.253 e. The van der Waals surface area contributed by atoms with Gasteiger partial charge in [-0.3, -0.25) is 4.79 Å². The molecule has 0 aliphatic carbocycles. The summed E-state index contributed by atoms with van der Waals surface area (Å²) < 4.78 is 0. The SMILES string of the molecule is CCN(CC)C(=O)c1cccc(NC(=S)NCCC[NH+](C)C)c1. The van der Waals surface area contributed by atoms with E-state index in [1.165, 1.54) is 4.90 Å². The zero-order valence-electron chi connectivity index (χ0n) is 14.6. The molecule has 0 saturated heterocycles. The van der Waals surface area contributed by atoms with E-state index in [-0.39, 0.29) is 5.91 Å². The van der Waals surface area contributed by atoms with E-state index in [2.05, 4.69) is 24.7 Å². The molecule has 0 aliphatic rings. The first-order valence-electron chi connectivity index (χ1n) is 8.21. The lowest BCUT2D eigenvalue weighted by atomic mass is 10.1. The van der Waals surface area contributed by atoms with Gasteiger partial charge in [0.1, 0.15) is 0 Å². The van der Waals surface area contributed by atoms with E-state index in [1.807, 2.05) is 38.1 Å². The highest BCUT2D eigenvalue weighted by atomic mass is 32.1. The third kappa shape index (κ3) is 6.97. The average molecular weight is 338 g/mol. The van der Waals surface area contributed by atoms with Crippen molar-refractivity contribution in [2.75, 3.05) is 45.6 Å². The first-order valence-corrected chi connectivity index (χ1v) is 8.62. The molecular formula is C17H29N4OS+. The highest BCUT2D eigenvalue weighted by molar-refractivity contribution is 7.80. The molecule has 0 unspecified atom stereocenters. The Bertz CT molecular complexity index is 515.